The average molecular weight is 340 g/mol. The highest BCUT2D eigenvalue weighted by Crippen LogP contribution is 2.28. The molecule has 0 N–H and O–H groups in total. The number of halogens is 1. The molecule has 0 aliphatic carbocycles. The highest BCUT2D eigenvalue weighted by atomic mass is 127. The lowest BCUT2D eigenvalue weighted by atomic mass is 10.2. The van der Waals surface area contributed by atoms with Gasteiger partial charge in [-0.25, -0.2) is 0 Å². The van der Waals surface area contributed by atoms with Gasteiger partial charge in [0.05, 0.1) is 0 Å². The second kappa shape index (κ2) is 5.50. The van der Waals surface area contributed by atoms with Crippen LogP contribution in [-0.4, -0.2) is 6.29 Å². The molecule has 0 saturated heterocycles. The van der Waals surface area contributed by atoms with E-state index in [1.807, 2.05) is 30.3 Å². The first-order valence-corrected chi connectivity index (χ1v) is 6.66. The fourth-order valence-corrected chi connectivity index (χ4v) is 2.91. The molecule has 80 valence electrons. The first kappa shape index (κ1) is 11.7. The van der Waals surface area contributed by atoms with Crippen molar-refractivity contribution in [1.29, 1.82) is 0 Å². The Kier molecular flexibility index (Phi) is 4.01. The second-order valence-corrected chi connectivity index (χ2v) is 5.64. The van der Waals surface area contributed by atoms with Crippen molar-refractivity contribution in [2.24, 2.45) is 0 Å². The number of aldehydes is 1. The molecular weight excluding hydrogens is 331 g/mol. The van der Waals surface area contributed by atoms with Crippen LogP contribution in [0.25, 0.3) is 0 Å². The lowest BCUT2D eigenvalue weighted by Crippen LogP contribution is -1.79. The minimum atomic E-state index is 0.715. The maximum atomic E-state index is 10.5. The molecule has 2 aromatic carbocycles. The molecule has 0 aromatic heterocycles. The van der Waals surface area contributed by atoms with Crippen LogP contribution in [0.1, 0.15) is 10.4 Å². The smallest absolute Gasteiger partial charge is 0.150 e. The predicted octanol–water partition coefficient (Wildman–Crippen LogP) is 4.25. The monoisotopic (exact) mass is 340 g/mol. The summed E-state index contributed by atoms with van der Waals surface area (Å²) in [5.41, 5.74) is 0.715. The minimum absolute atomic E-state index is 0.715. The number of hydrogen-bond donors (Lipinski definition) is 0. The lowest BCUT2D eigenvalue weighted by molar-refractivity contribution is 0.112. The fraction of sp³-hybridized carbons (Fsp3) is 0. The Morgan fingerprint density at radius 3 is 2.38 bits per heavy atom. The van der Waals surface area contributed by atoms with Crippen molar-refractivity contribution in [2.75, 3.05) is 0 Å². The van der Waals surface area contributed by atoms with Crippen molar-refractivity contribution < 1.29 is 4.79 Å². The fourth-order valence-electron chi connectivity index (χ4n) is 1.28. The van der Waals surface area contributed by atoms with E-state index in [2.05, 4.69) is 40.8 Å². The van der Waals surface area contributed by atoms with Crippen molar-refractivity contribution >= 4 is 40.6 Å². The Bertz CT molecular complexity index is 494. The molecule has 0 atom stereocenters. The Morgan fingerprint density at radius 2 is 1.75 bits per heavy atom. The summed E-state index contributed by atoms with van der Waals surface area (Å²) in [5, 5.41) is 0. The Morgan fingerprint density at radius 1 is 1.00 bits per heavy atom. The van der Waals surface area contributed by atoms with Gasteiger partial charge >= 0.3 is 0 Å². The number of rotatable bonds is 3. The summed E-state index contributed by atoms with van der Waals surface area (Å²) in [6.45, 7) is 0. The molecule has 0 bridgehead atoms. The largest absolute Gasteiger partial charge is 0.298 e. The molecule has 2 aromatic rings. The highest BCUT2D eigenvalue weighted by molar-refractivity contribution is 14.1. The highest BCUT2D eigenvalue weighted by Gasteiger charge is 1.98. The van der Waals surface area contributed by atoms with Gasteiger partial charge < -0.3 is 0 Å². The van der Waals surface area contributed by atoms with E-state index in [1.165, 1.54) is 8.47 Å². The van der Waals surface area contributed by atoms with E-state index in [9.17, 15) is 4.79 Å². The van der Waals surface area contributed by atoms with Crippen molar-refractivity contribution in [3.05, 3.63) is 57.7 Å². The molecule has 0 amide bonds. The van der Waals surface area contributed by atoms with Gasteiger partial charge in [-0.15, -0.1) is 0 Å². The van der Waals surface area contributed by atoms with E-state index < -0.39 is 0 Å². The maximum absolute atomic E-state index is 10.5. The van der Waals surface area contributed by atoms with E-state index in [0.29, 0.717) is 5.56 Å². The van der Waals surface area contributed by atoms with E-state index in [1.54, 1.807) is 11.8 Å². The van der Waals surface area contributed by atoms with Crippen molar-refractivity contribution in [1.82, 2.24) is 0 Å². The number of hydrogen-bond acceptors (Lipinski definition) is 2. The third-order valence-corrected chi connectivity index (χ3v) is 3.72. The average Bonchev–Trinajstić information content (AvgIpc) is 2.30. The maximum Gasteiger partial charge on any atom is 0.150 e. The number of carbonyl (C=O) groups is 1. The Labute approximate surface area is 112 Å². The van der Waals surface area contributed by atoms with Crippen LogP contribution in [0.3, 0.4) is 0 Å². The van der Waals surface area contributed by atoms with Gasteiger partial charge in [-0.3, -0.25) is 4.79 Å². The molecule has 0 spiro atoms. The standard InChI is InChI=1S/C13H9IOS/c14-11-2-1-3-13(8-11)16-12-6-4-10(9-15)5-7-12/h1-9H. The molecule has 0 aliphatic heterocycles. The summed E-state index contributed by atoms with van der Waals surface area (Å²) in [5.74, 6) is 0. The van der Waals surface area contributed by atoms with Crippen molar-refractivity contribution in [2.45, 2.75) is 9.79 Å². The summed E-state index contributed by atoms with van der Waals surface area (Å²) in [6.07, 6.45) is 0.861. The summed E-state index contributed by atoms with van der Waals surface area (Å²) in [6, 6.07) is 15.9. The molecule has 0 saturated carbocycles. The third kappa shape index (κ3) is 3.09. The van der Waals surface area contributed by atoms with Crippen LogP contribution in [0.15, 0.2) is 58.3 Å². The first-order valence-electron chi connectivity index (χ1n) is 4.76. The zero-order chi connectivity index (χ0) is 11.4. The van der Waals surface area contributed by atoms with Gasteiger partial charge in [0.1, 0.15) is 6.29 Å². The van der Waals surface area contributed by atoms with Crippen LogP contribution in [0.4, 0.5) is 0 Å². The molecule has 2 rings (SSSR count). The number of benzene rings is 2. The minimum Gasteiger partial charge on any atom is -0.298 e. The zero-order valence-corrected chi connectivity index (χ0v) is 11.4. The van der Waals surface area contributed by atoms with Gasteiger partial charge in [0.15, 0.2) is 0 Å². The van der Waals surface area contributed by atoms with E-state index in [0.717, 1.165) is 11.2 Å². The zero-order valence-electron chi connectivity index (χ0n) is 8.39. The number of carbonyl (C=O) groups excluding carboxylic acids is 1. The van der Waals surface area contributed by atoms with Gasteiger partial charge in [0, 0.05) is 18.9 Å². The molecule has 0 fully saturated rings. The molecular formula is C13H9IOS. The first-order chi connectivity index (χ1) is 7.78. The van der Waals surface area contributed by atoms with Gasteiger partial charge in [0.25, 0.3) is 0 Å². The van der Waals surface area contributed by atoms with E-state index in [4.69, 9.17) is 0 Å². The van der Waals surface area contributed by atoms with E-state index in [-0.39, 0.29) is 0 Å². The van der Waals surface area contributed by atoms with Gasteiger partial charge in [-0.1, -0.05) is 30.0 Å². The normalized spacial score (nSPS) is 10.1. The Hall–Kier alpha value is -0.810. The van der Waals surface area contributed by atoms with Crippen LogP contribution >= 0.6 is 34.4 Å². The predicted molar refractivity (Wildman–Crippen MR) is 75.1 cm³/mol. The quantitative estimate of drug-likeness (QED) is 0.614. The second-order valence-electron chi connectivity index (χ2n) is 3.25. The van der Waals surface area contributed by atoms with Crippen molar-refractivity contribution in [3.63, 3.8) is 0 Å². The lowest BCUT2D eigenvalue weighted by Gasteiger charge is -2.02. The summed E-state index contributed by atoms with van der Waals surface area (Å²) < 4.78 is 1.23. The van der Waals surface area contributed by atoms with Crippen LogP contribution < -0.4 is 0 Å². The van der Waals surface area contributed by atoms with Gasteiger partial charge in [0.2, 0.25) is 0 Å². The van der Waals surface area contributed by atoms with Crippen molar-refractivity contribution in [3.8, 4) is 0 Å². The summed E-state index contributed by atoms with van der Waals surface area (Å²) >= 11 is 4.00. The topological polar surface area (TPSA) is 17.1 Å². The van der Waals surface area contributed by atoms with Crippen LogP contribution in [0, 0.1) is 3.57 Å². The molecule has 0 aliphatic rings. The molecule has 0 heterocycles. The Balaban J connectivity index is 2.17. The van der Waals surface area contributed by atoms with E-state index >= 15 is 0 Å². The third-order valence-electron chi connectivity index (χ3n) is 2.05. The molecule has 0 unspecified atom stereocenters. The molecule has 16 heavy (non-hydrogen) atoms. The SMILES string of the molecule is O=Cc1ccc(Sc2cccc(I)c2)cc1. The van der Waals surface area contributed by atoms with Gasteiger partial charge in [-0.05, 0) is 52.9 Å². The van der Waals surface area contributed by atoms with Crippen LogP contribution in [0.5, 0.6) is 0 Å². The van der Waals surface area contributed by atoms with Crippen LogP contribution in [0.2, 0.25) is 0 Å². The summed E-state index contributed by atoms with van der Waals surface area (Å²) in [4.78, 5) is 12.9. The molecule has 1 nitrogen and oxygen atoms in total. The van der Waals surface area contributed by atoms with Gasteiger partial charge in [-0.2, -0.15) is 0 Å². The molecule has 3 heteroatoms. The van der Waals surface area contributed by atoms with Crippen LogP contribution in [-0.2, 0) is 0 Å². The molecule has 0 radical (unpaired) electrons. The summed E-state index contributed by atoms with van der Waals surface area (Å²) in [7, 11) is 0.